The Bertz CT molecular complexity index is 1590. The van der Waals surface area contributed by atoms with Crippen LogP contribution in [0.5, 0.6) is 11.5 Å². The topological polar surface area (TPSA) is 119 Å². The number of barbiturate groups is 1. The molecule has 39 heavy (non-hydrogen) atoms. The number of nitrogens with one attached hydrogen (secondary N) is 1. The van der Waals surface area contributed by atoms with Gasteiger partial charge >= 0.3 is 17.9 Å². The van der Waals surface area contributed by atoms with Gasteiger partial charge in [0.1, 0.15) is 11.3 Å². The normalized spacial score (nSPS) is 15.0. The zero-order valence-electron chi connectivity index (χ0n) is 18.9. The van der Waals surface area contributed by atoms with Crippen LogP contribution in [0.1, 0.15) is 11.1 Å². The van der Waals surface area contributed by atoms with Crippen LogP contribution >= 0.6 is 34.8 Å². The summed E-state index contributed by atoms with van der Waals surface area (Å²) in [6, 6.07) is 8.48. The molecule has 9 nitrogen and oxygen atoms in total. The number of hydrogen-bond donors (Lipinski definition) is 1. The van der Waals surface area contributed by atoms with Gasteiger partial charge in [0.15, 0.2) is 0 Å². The van der Waals surface area contributed by atoms with E-state index in [1.165, 1.54) is 36.4 Å². The largest absolute Gasteiger partial charge is 0.449 e. The molecule has 0 saturated carbocycles. The molecule has 3 aromatic rings. The summed E-state index contributed by atoms with van der Waals surface area (Å²) in [6.45, 7) is 0. The van der Waals surface area contributed by atoms with Gasteiger partial charge in [-0.15, -0.1) is 0 Å². The second-order valence-corrected chi connectivity index (χ2v) is 9.03. The van der Waals surface area contributed by atoms with Crippen LogP contribution < -0.4 is 15.0 Å². The molecule has 1 N–H and O–H groups in total. The van der Waals surface area contributed by atoms with Gasteiger partial charge in [0.2, 0.25) is 5.75 Å². The number of anilines is 1. The molecule has 1 heterocycles. The van der Waals surface area contributed by atoms with Crippen molar-refractivity contribution in [2.45, 2.75) is 6.18 Å². The van der Waals surface area contributed by atoms with E-state index >= 15 is 0 Å². The van der Waals surface area contributed by atoms with E-state index in [-0.39, 0.29) is 32.1 Å². The van der Waals surface area contributed by atoms with E-state index in [9.17, 15) is 37.7 Å². The Morgan fingerprint density at radius 1 is 0.923 bits per heavy atom. The molecule has 0 aliphatic carbocycles. The standard InChI is InChI=1S/C24H11Cl3F3N3O6/c25-13-3-4-17(15(26)10-13)32-22(35)14(21(34)31-23(32)36)7-11-1-5-19(16(27)8-11)39-20-6-2-12(24(28,29)30)9-18(20)33(37)38/h1-10H,(H,31,34,36). The molecule has 200 valence electrons. The monoisotopic (exact) mass is 599 g/mol. The molecule has 3 aromatic carbocycles. The Labute approximate surface area is 231 Å². The highest BCUT2D eigenvalue weighted by Gasteiger charge is 2.38. The van der Waals surface area contributed by atoms with Gasteiger partial charge in [0.25, 0.3) is 11.8 Å². The Hall–Kier alpha value is -4.13. The van der Waals surface area contributed by atoms with Crippen LogP contribution in [0.15, 0.2) is 60.2 Å². The van der Waals surface area contributed by atoms with Gasteiger partial charge in [-0.25, -0.2) is 9.69 Å². The average Bonchev–Trinajstić information content (AvgIpc) is 2.84. The van der Waals surface area contributed by atoms with E-state index in [1.807, 2.05) is 5.32 Å². The number of nitro benzene ring substituents is 1. The van der Waals surface area contributed by atoms with Gasteiger partial charge < -0.3 is 4.74 Å². The first-order valence-corrected chi connectivity index (χ1v) is 11.6. The Morgan fingerprint density at radius 3 is 2.23 bits per heavy atom. The van der Waals surface area contributed by atoms with Crippen LogP contribution in [0.3, 0.4) is 0 Å². The van der Waals surface area contributed by atoms with Crippen molar-refractivity contribution in [3.8, 4) is 11.5 Å². The summed E-state index contributed by atoms with van der Waals surface area (Å²) < 4.78 is 44.2. The highest BCUT2D eigenvalue weighted by Crippen LogP contribution is 2.40. The van der Waals surface area contributed by atoms with Crippen molar-refractivity contribution in [1.29, 1.82) is 0 Å². The quantitative estimate of drug-likeness (QED) is 0.145. The van der Waals surface area contributed by atoms with Crippen LogP contribution in [-0.4, -0.2) is 22.8 Å². The third-order valence-corrected chi connectivity index (χ3v) is 6.06. The number of nitrogens with zero attached hydrogens (tertiary/aromatic N) is 2. The number of hydrogen-bond acceptors (Lipinski definition) is 6. The average molecular weight is 601 g/mol. The number of carbonyl (C=O) groups is 3. The summed E-state index contributed by atoms with van der Waals surface area (Å²) in [5.74, 6) is -2.66. The molecule has 0 atom stereocenters. The molecule has 4 rings (SSSR count). The molecule has 1 fully saturated rings. The highest BCUT2D eigenvalue weighted by atomic mass is 35.5. The van der Waals surface area contributed by atoms with E-state index in [1.54, 1.807) is 0 Å². The van der Waals surface area contributed by atoms with Gasteiger partial charge in [0, 0.05) is 11.1 Å². The molecular formula is C24H11Cl3F3N3O6. The molecule has 0 radical (unpaired) electrons. The maximum absolute atomic E-state index is 13.1. The molecule has 15 heteroatoms. The van der Waals surface area contributed by atoms with Crippen LogP contribution in [0, 0.1) is 10.1 Å². The molecule has 1 saturated heterocycles. The SMILES string of the molecule is O=C1NC(=O)N(c2ccc(Cl)cc2Cl)C(=O)C1=Cc1ccc(Oc2ccc(C(F)(F)F)cc2[N+](=O)[O-])c(Cl)c1. The van der Waals surface area contributed by atoms with Gasteiger partial charge in [-0.3, -0.25) is 25.0 Å². The molecule has 0 bridgehead atoms. The number of nitro groups is 1. The van der Waals surface area contributed by atoms with E-state index in [0.29, 0.717) is 17.0 Å². The summed E-state index contributed by atoms with van der Waals surface area (Å²) in [4.78, 5) is 48.8. The van der Waals surface area contributed by atoms with Crippen molar-refractivity contribution in [1.82, 2.24) is 5.32 Å². The number of ether oxygens (including phenoxy) is 1. The zero-order chi connectivity index (χ0) is 28.6. The van der Waals surface area contributed by atoms with Gasteiger partial charge in [0.05, 0.1) is 26.2 Å². The molecule has 0 aromatic heterocycles. The number of imide groups is 2. The summed E-state index contributed by atoms with van der Waals surface area (Å²) >= 11 is 18.2. The van der Waals surface area contributed by atoms with Crippen molar-refractivity contribution in [3.05, 3.63) is 96.5 Å². The maximum Gasteiger partial charge on any atom is 0.416 e. The molecule has 0 unspecified atom stereocenters. The second-order valence-electron chi connectivity index (χ2n) is 7.78. The minimum atomic E-state index is -4.81. The summed E-state index contributed by atoms with van der Waals surface area (Å²) in [5.41, 5.74) is -2.48. The van der Waals surface area contributed by atoms with Crippen molar-refractivity contribution >= 4 is 70.1 Å². The Balaban J connectivity index is 1.64. The number of carbonyl (C=O) groups excluding carboxylic acids is 3. The lowest BCUT2D eigenvalue weighted by molar-refractivity contribution is -0.385. The highest BCUT2D eigenvalue weighted by molar-refractivity contribution is 6.42. The third-order valence-electron chi connectivity index (χ3n) is 5.22. The van der Waals surface area contributed by atoms with Crippen molar-refractivity contribution in [2.75, 3.05) is 4.90 Å². The minimum absolute atomic E-state index is 0.0260. The van der Waals surface area contributed by atoms with Gasteiger partial charge in [-0.1, -0.05) is 40.9 Å². The van der Waals surface area contributed by atoms with Crippen LogP contribution in [-0.2, 0) is 15.8 Å². The number of benzene rings is 3. The minimum Gasteiger partial charge on any atom is -0.449 e. The number of urea groups is 1. The first kappa shape index (κ1) is 27.9. The third kappa shape index (κ3) is 5.82. The predicted octanol–water partition coefficient (Wildman–Crippen LogP) is 7.03. The Morgan fingerprint density at radius 2 is 1.62 bits per heavy atom. The summed E-state index contributed by atoms with van der Waals surface area (Å²) in [6.07, 6.45) is -3.69. The number of rotatable bonds is 5. The van der Waals surface area contributed by atoms with E-state index < -0.39 is 51.5 Å². The summed E-state index contributed by atoms with van der Waals surface area (Å²) in [7, 11) is 0. The number of halogens is 6. The van der Waals surface area contributed by atoms with Crippen molar-refractivity contribution in [3.63, 3.8) is 0 Å². The van der Waals surface area contributed by atoms with E-state index in [4.69, 9.17) is 39.5 Å². The molecular weight excluding hydrogens is 590 g/mol. The van der Waals surface area contributed by atoms with Gasteiger partial charge in [-0.05, 0) is 54.1 Å². The smallest absolute Gasteiger partial charge is 0.416 e. The fraction of sp³-hybridized carbons (Fsp3) is 0.0417. The van der Waals surface area contributed by atoms with Crippen LogP contribution in [0.2, 0.25) is 15.1 Å². The lowest BCUT2D eigenvalue weighted by Crippen LogP contribution is -2.54. The number of amides is 4. The first-order chi connectivity index (χ1) is 18.3. The molecule has 4 amide bonds. The Kier molecular flexibility index (Phi) is 7.55. The summed E-state index contributed by atoms with van der Waals surface area (Å²) in [5, 5.41) is 13.4. The van der Waals surface area contributed by atoms with Crippen LogP contribution in [0.4, 0.5) is 29.3 Å². The van der Waals surface area contributed by atoms with E-state index in [2.05, 4.69) is 0 Å². The lowest BCUT2D eigenvalue weighted by Gasteiger charge is -2.27. The second kappa shape index (κ2) is 10.6. The predicted molar refractivity (Wildman–Crippen MR) is 135 cm³/mol. The van der Waals surface area contributed by atoms with Crippen LogP contribution in [0.25, 0.3) is 6.08 Å². The zero-order valence-corrected chi connectivity index (χ0v) is 21.2. The molecule has 1 aliphatic rings. The van der Waals surface area contributed by atoms with Crippen molar-refractivity contribution < 1.29 is 37.2 Å². The van der Waals surface area contributed by atoms with Gasteiger partial charge in [-0.2, -0.15) is 13.2 Å². The lowest BCUT2D eigenvalue weighted by atomic mass is 10.1. The van der Waals surface area contributed by atoms with E-state index in [0.717, 1.165) is 12.1 Å². The molecule has 1 aliphatic heterocycles. The number of alkyl halides is 3. The fourth-order valence-electron chi connectivity index (χ4n) is 3.44. The first-order valence-electron chi connectivity index (χ1n) is 10.5. The fourth-order valence-corrected chi connectivity index (χ4v) is 4.16. The van der Waals surface area contributed by atoms with Crippen molar-refractivity contribution in [2.24, 2.45) is 0 Å². The molecule has 0 spiro atoms. The maximum atomic E-state index is 13.1.